The predicted molar refractivity (Wildman–Crippen MR) is 157 cm³/mol. The maximum Gasteiger partial charge on any atom is 0.348 e. The van der Waals surface area contributed by atoms with Crippen LogP contribution < -0.4 is 10.6 Å². The highest BCUT2D eigenvalue weighted by Crippen LogP contribution is 2.36. The number of benzene rings is 2. The first-order chi connectivity index (χ1) is 20.0. The van der Waals surface area contributed by atoms with Gasteiger partial charge in [-0.2, -0.15) is 0 Å². The highest BCUT2D eigenvalue weighted by atomic mass is 32.1. The summed E-state index contributed by atoms with van der Waals surface area (Å²) >= 11 is 1.29. The maximum atomic E-state index is 13.4. The molecule has 1 fully saturated rings. The average Bonchev–Trinajstić information content (AvgIpc) is 3.61. The molecule has 3 aromatic rings. The summed E-state index contributed by atoms with van der Waals surface area (Å²) in [6, 6.07) is 20.6. The van der Waals surface area contributed by atoms with Crippen molar-refractivity contribution in [3.8, 4) is 0 Å². The van der Waals surface area contributed by atoms with Crippen LogP contribution in [0.3, 0.4) is 0 Å². The Kier molecular flexibility index (Phi) is 10.1. The molecule has 1 aromatic heterocycles. The van der Waals surface area contributed by atoms with Crippen molar-refractivity contribution in [3.05, 3.63) is 93.7 Å². The predicted octanol–water partition coefficient (Wildman–Crippen LogP) is 4.69. The molecule has 4 rings (SSSR count). The number of hydrogen-bond donors (Lipinski definition) is 2. The number of carbonyl (C=O) groups is 4. The third-order valence-electron chi connectivity index (χ3n) is 6.47. The van der Waals surface area contributed by atoms with Gasteiger partial charge in [-0.05, 0) is 56.9 Å². The Morgan fingerprint density at radius 1 is 0.857 bits per heavy atom. The second-order valence-corrected chi connectivity index (χ2v) is 12.3. The Labute approximate surface area is 249 Å². The smallest absolute Gasteiger partial charge is 0.348 e. The lowest BCUT2D eigenvalue weighted by atomic mass is 10.1. The van der Waals surface area contributed by atoms with Crippen LogP contribution in [0.1, 0.15) is 65.7 Å². The van der Waals surface area contributed by atoms with Crippen molar-refractivity contribution in [2.45, 2.75) is 77.0 Å². The first-order valence-electron chi connectivity index (χ1n) is 13.8. The van der Waals surface area contributed by atoms with Gasteiger partial charge in [0.25, 0.3) is 0 Å². The van der Waals surface area contributed by atoms with E-state index in [2.05, 4.69) is 10.6 Å². The molecule has 0 spiro atoms. The second-order valence-electron chi connectivity index (χ2n) is 11.2. The molecule has 1 saturated carbocycles. The summed E-state index contributed by atoms with van der Waals surface area (Å²) in [6.07, 6.45) is 0.757. The van der Waals surface area contributed by atoms with Gasteiger partial charge < -0.3 is 19.5 Å². The Hall–Kier alpha value is -4.02. The molecule has 1 heterocycles. The third kappa shape index (κ3) is 9.25. The Balaban J connectivity index is 1.36. The molecule has 1 aliphatic carbocycles. The van der Waals surface area contributed by atoms with Gasteiger partial charge in [-0.3, -0.25) is 14.9 Å². The van der Waals surface area contributed by atoms with E-state index in [4.69, 9.17) is 14.2 Å². The second kappa shape index (κ2) is 13.8. The molecule has 42 heavy (non-hydrogen) atoms. The van der Waals surface area contributed by atoms with Crippen LogP contribution in [0.15, 0.2) is 72.8 Å². The summed E-state index contributed by atoms with van der Waals surface area (Å²) in [7, 11) is 0. The lowest BCUT2D eigenvalue weighted by Crippen LogP contribution is -2.52. The van der Waals surface area contributed by atoms with Gasteiger partial charge in [0.15, 0.2) is 0 Å². The van der Waals surface area contributed by atoms with Crippen LogP contribution in [0, 0.1) is 0 Å². The topological polar surface area (TPSA) is 120 Å². The van der Waals surface area contributed by atoms with Crippen LogP contribution in [0.25, 0.3) is 0 Å². The summed E-state index contributed by atoms with van der Waals surface area (Å²) in [6.45, 7) is 5.84. The van der Waals surface area contributed by atoms with Crippen LogP contribution >= 0.6 is 11.3 Å². The van der Waals surface area contributed by atoms with Gasteiger partial charge in [0.2, 0.25) is 5.91 Å². The molecule has 0 aliphatic heterocycles. The van der Waals surface area contributed by atoms with E-state index in [9.17, 15) is 19.2 Å². The number of rotatable bonds is 13. The lowest BCUT2D eigenvalue weighted by molar-refractivity contribution is -0.155. The molecule has 9 nitrogen and oxygen atoms in total. The fourth-order valence-corrected chi connectivity index (χ4v) is 4.88. The number of carbonyl (C=O) groups excluding carboxylic acids is 4. The van der Waals surface area contributed by atoms with Gasteiger partial charge in [0.1, 0.15) is 29.7 Å². The zero-order chi connectivity index (χ0) is 30.2. The molecular formula is C32H36N2O7S. The number of hydrogen-bond acceptors (Lipinski definition) is 9. The number of ether oxygens (including phenoxy) is 3. The number of thiophene rings is 1. The van der Waals surface area contributed by atoms with E-state index in [0.29, 0.717) is 24.3 Å². The molecule has 1 atom stereocenters. The van der Waals surface area contributed by atoms with E-state index in [1.54, 1.807) is 6.07 Å². The Bertz CT molecular complexity index is 1380. The minimum Gasteiger partial charge on any atom is -0.461 e. The number of nitrogens with one attached hydrogen (secondary N) is 2. The molecule has 10 heteroatoms. The van der Waals surface area contributed by atoms with Crippen molar-refractivity contribution in [1.29, 1.82) is 0 Å². The number of esters is 3. The lowest BCUT2D eigenvalue weighted by Gasteiger charge is -2.22. The molecular weight excluding hydrogens is 556 g/mol. The largest absolute Gasteiger partial charge is 0.461 e. The van der Waals surface area contributed by atoms with Crippen LogP contribution in [0.5, 0.6) is 0 Å². The fraction of sp³-hybridized carbons (Fsp3) is 0.375. The van der Waals surface area contributed by atoms with Gasteiger partial charge in [0.05, 0.1) is 12.0 Å². The molecule has 222 valence electrons. The van der Waals surface area contributed by atoms with Crippen molar-refractivity contribution in [2.75, 3.05) is 0 Å². The average molecular weight is 593 g/mol. The first kappa shape index (κ1) is 30.9. The molecule has 0 bridgehead atoms. The van der Waals surface area contributed by atoms with Crippen LogP contribution in [-0.4, -0.2) is 41.0 Å². The number of amides is 1. The monoisotopic (exact) mass is 592 g/mol. The highest BCUT2D eigenvalue weighted by Gasteiger charge is 2.50. The van der Waals surface area contributed by atoms with Gasteiger partial charge >= 0.3 is 17.9 Å². The van der Waals surface area contributed by atoms with E-state index in [0.717, 1.165) is 16.0 Å². The van der Waals surface area contributed by atoms with Gasteiger partial charge in [-0.25, -0.2) is 9.59 Å². The highest BCUT2D eigenvalue weighted by molar-refractivity contribution is 7.13. The van der Waals surface area contributed by atoms with Crippen LogP contribution in [0.2, 0.25) is 0 Å². The molecule has 0 unspecified atom stereocenters. The molecule has 1 aliphatic rings. The van der Waals surface area contributed by atoms with Gasteiger partial charge in [-0.15, -0.1) is 11.3 Å². The van der Waals surface area contributed by atoms with Crippen molar-refractivity contribution >= 4 is 35.2 Å². The maximum absolute atomic E-state index is 13.4. The van der Waals surface area contributed by atoms with E-state index in [-0.39, 0.29) is 19.6 Å². The Morgan fingerprint density at radius 3 is 2.02 bits per heavy atom. The van der Waals surface area contributed by atoms with E-state index in [1.807, 2.05) is 87.5 Å². The van der Waals surface area contributed by atoms with Crippen molar-refractivity contribution < 1.29 is 33.4 Å². The summed E-state index contributed by atoms with van der Waals surface area (Å²) in [5, 5.41) is 5.99. The molecule has 0 saturated heterocycles. The van der Waals surface area contributed by atoms with Gasteiger partial charge in [-0.1, -0.05) is 60.7 Å². The molecule has 0 radical (unpaired) electrons. The van der Waals surface area contributed by atoms with Crippen LogP contribution in [0.4, 0.5) is 0 Å². The minimum absolute atomic E-state index is 0.00680. The Morgan fingerprint density at radius 2 is 1.45 bits per heavy atom. The fourth-order valence-electron chi connectivity index (χ4n) is 4.06. The normalized spacial score (nSPS) is 14.4. The standard InChI is InChI=1S/C32H36N2O7S/c1-31(2,3)41-29(37)26-15-14-24(42-26)19-33-32(16-17-32)30(38)34-25(28(36)40-21-23-12-8-5-9-13-23)18-27(35)39-20-22-10-6-4-7-11-22/h4-15,25,33H,16-21H2,1-3H3,(H,34,38)/t25-/m0/s1. The summed E-state index contributed by atoms with van der Waals surface area (Å²) in [5.74, 6) is -2.15. The summed E-state index contributed by atoms with van der Waals surface area (Å²) in [4.78, 5) is 52.8. The first-order valence-corrected chi connectivity index (χ1v) is 14.6. The van der Waals surface area contributed by atoms with Crippen molar-refractivity contribution in [1.82, 2.24) is 10.6 Å². The zero-order valence-corrected chi connectivity index (χ0v) is 24.8. The molecule has 1 amide bonds. The van der Waals surface area contributed by atoms with E-state index < -0.39 is 41.0 Å². The van der Waals surface area contributed by atoms with E-state index in [1.165, 1.54) is 11.3 Å². The van der Waals surface area contributed by atoms with Crippen molar-refractivity contribution in [3.63, 3.8) is 0 Å². The van der Waals surface area contributed by atoms with Crippen LogP contribution in [-0.2, 0) is 48.4 Å². The van der Waals surface area contributed by atoms with Crippen molar-refractivity contribution in [2.24, 2.45) is 0 Å². The molecule has 2 aromatic carbocycles. The zero-order valence-electron chi connectivity index (χ0n) is 24.0. The molecule has 2 N–H and O–H groups in total. The van der Waals surface area contributed by atoms with Gasteiger partial charge in [0, 0.05) is 11.4 Å². The minimum atomic E-state index is -1.22. The quantitative estimate of drug-likeness (QED) is 0.217. The summed E-state index contributed by atoms with van der Waals surface area (Å²) in [5.41, 5.74) is 0.108. The summed E-state index contributed by atoms with van der Waals surface area (Å²) < 4.78 is 16.2. The van der Waals surface area contributed by atoms with E-state index >= 15 is 0 Å². The third-order valence-corrected chi connectivity index (χ3v) is 7.54. The SMILES string of the molecule is CC(C)(C)OC(=O)c1ccc(CNC2(C(=O)N[C@@H](CC(=O)OCc3ccccc3)C(=O)OCc3ccccc3)CC2)s1.